The molecule has 2 rings (SSSR count). The van der Waals surface area contributed by atoms with Gasteiger partial charge in [0.05, 0.1) is 39.9 Å². The van der Waals surface area contributed by atoms with E-state index in [9.17, 15) is 5.26 Å². The summed E-state index contributed by atoms with van der Waals surface area (Å²) in [7, 11) is 6.49. The molecule has 0 aliphatic rings. The number of nitriles is 1. The Bertz CT molecular complexity index is 909. The highest BCUT2D eigenvalue weighted by molar-refractivity contribution is 5.47. The van der Waals surface area contributed by atoms with Gasteiger partial charge in [0.15, 0.2) is 23.0 Å². The predicted octanol–water partition coefficient (Wildman–Crippen LogP) is 5.02. The van der Waals surface area contributed by atoms with Crippen LogP contribution in [0, 0.1) is 11.3 Å². The van der Waals surface area contributed by atoms with E-state index in [1.165, 1.54) is 5.56 Å². The van der Waals surface area contributed by atoms with Crippen molar-refractivity contribution in [1.29, 1.82) is 5.26 Å². The predicted molar refractivity (Wildman–Crippen MR) is 127 cm³/mol. The van der Waals surface area contributed by atoms with E-state index in [2.05, 4.69) is 13.0 Å². The van der Waals surface area contributed by atoms with Crippen molar-refractivity contribution < 1.29 is 18.9 Å². The summed E-state index contributed by atoms with van der Waals surface area (Å²) in [6, 6.07) is 14.3. The van der Waals surface area contributed by atoms with Gasteiger partial charge in [-0.25, -0.2) is 0 Å². The number of aryl methyl sites for hydroxylation is 1. The van der Waals surface area contributed by atoms with Gasteiger partial charge in [0.1, 0.15) is 0 Å². The van der Waals surface area contributed by atoms with Crippen molar-refractivity contribution in [3.63, 3.8) is 0 Å². The van der Waals surface area contributed by atoms with E-state index in [0.29, 0.717) is 11.5 Å². The number of nitrogens with zero attached hydrogens (tertiary/aromatic N) is 1. The van der Waals surface area contributed by atoms with Gasteiger partial charge in [-0.3, -0.25) is 0 Å². The van der Waals surface area contributed by atoms with Crippen LogP contribution in [0.2, 0.25) is 0 Å². The molecule has 0 saturated heterocycles. The van der Waals surface area contributed by atoms with Crippen LogP contribution in [-0.4, -0.2) is 34.5 Å². The largest absolute Gasteiger partial charge is 0.493 e. The molecule has 0 spiro atoms. The van der Waals surface area contributed by atoms with Crippen molar-refractivity contribution in [2.45, 2.75) is 56.9 Å². The lowest BCUT2D eigenvalue weighted by Gasteiger charge is -2.27. The Hall–Kier alpha value is -2.91. The molecule has 0 unspecified atom stereocenters. The zero-order valence-corrected chi connectivity index (χ0v) is 19.9. The van der Waals surface area contributed by atoms with Gasteiger partial charge in [0.2, 0.25) is 0 Å². The van der Waals surface area contributed by atoms with E-state index in [1.54, 1.807) is 28.4 Å². The average Bonchev–Trinajstić information content (AvgIpc) is 2.84. The standard InChI is InChI=1S/C26H36N2O4/c1-6-26(18-27,20-11-14-23(30-3)25(17-20)32-5)15-7-8-21(28)12-9-19-10-13-22(29-2)24(16-19)31-4/h10-11,13-14,16-17,21H,6-9,12,15,28H2,1-5H3/t21-,26+/m1/s1. The van der Waals surface area contributed by atoms with Crippen LogP contribution in [0.4, 0.5) is 0 Å². The first kappa shape index (κ1) is 25.4. The highest BCUT2D eigenvalue weighted by Gasteiger charge is 2.31. The molecule has 2 N–H and O–H groups in total. The van der Waals surface area contributed by atoms with Gasteiger partial charge in [-0.1, -0.05) is 19.1 Å². The topological polar surface area (TPSA) is 86.7 Å². The van der Waals surface area contributed by atoms with Crippen molar-refractivity contribution in [2.24, 2.45) is 5.73 Å². The number of rotatable bonds is 13. The maximum Gasteiger partial charge on any atom is 0.161 e. The molecule has 0 aliphatic heterocycles. The summed E-state index contributed by atoms with van der Waals surface area (Å²) in [5.74, 6) is 2.76. The molecule has 0 radical (unpaired) electrons. The van der Waals surface area contributed by atoms with Gasteiger partial charge >= 0.3 is 0 Å². The average molecular weight is 441 g/mol. The summed E-state index contributed by atoms with van der Waals surface area (Å²) in [4.78, 5) is 0. The molecule has 32 heavy (non-hydrogen) atoms. The van der Waals surface area contributed by atoms with Crippen molar-refractivity contribution in [1.82, 2.24) is 0 Å². The first-order valence-corrected chi connectivity index (χ1v) is 11.1. The van der Waals surface area contributed by atoms with E-state index >= 15 is 0 Å². The Morgan fingerprint density at radius 1 is 0.875 bits per heavy atom. The van der Waals surface area contributed by atoms with Crippen LogP contribution < -0.4 is 24.7 Å². The molecule has 6 heteroatoms. The molecule has 174 valence electrons. The van der Waals surface area contributed by atoms with Crippen LogP contribution in [0.1, 0.15) is 50.2 Å². The van der Waals surface area contributed by atoms with E-state index in [4.69, 9.17) is 24.7 Å². The Kier molecular flexibility index (Phi) is 9.67. The molecular formula is C26H36N2O4. The summed E-state index contributed by atoms with van der Waals surface area (Å²) in [5.41, 5.74) is 7.97. The number of benzene rings is 2. The third-order valence-electron chi connectivity index (χ3n) is 6.18. The molecule has 0 amide bonds. The Morgan fingerprint density at radius 2 is 1.47 bits per heavy atom. The lowest BCUT2D eigenvalue weighted by molar-refractivity contribution is 0.352. The van der Waals surface area contributed by atoms with E-state index in [-0.39, 0.29) is 6.04 Å². The summed E-state index contributed by atoms with van der Waals surface area (Å²) >= 11 is 0. The van der Waals surface area contributed by atoms with Crippen molar-refractivity contribution >= 4 is 0 Å². The van der Waals surface area contributed by atoms with Crippen LogP contribution in [0.5, 0.6) is 23.0 Å². The molecule has 0 aliphatic carbocycles. The second kappa shape index (κ2) is 12.2. The molecule has 0 fully saturated rings. The maximum absolute atomic E-state index is 10.1. The van der Waals surface area contributed by atoms with Crippen molar-refractivity contribution in [3.8, 4) is 29.1 Å². The number of ether oxygens (including phenoxy) is 4. The van der Waals surface area contributed by atoms with Gasteiger partial charge < -0.3 is 24.7 Å². The van der Waals surface area contributed by atoms with Gasteiger partial charge in [-0.05, 0) is 73.9 Å². The highest BCUT2D eigenvalue weighted by atomic mass is 16.5. The highest BCUT2D eigenvalue weighted by Crippen LogP contribution is 2.38. The molecule has 0 saturated carbocycles. The third kappa shape index (κ3) is 6.08. The molecule has 0 aromatic heterocycles. The summed E-state index contributed by atoms with van der Waals surface area (Å²) in [6.07, 6.45) is 4.96. The van der Waals surface area contributed by atoms with Gasteiger partial charge in [-0.2, -0.15) is 5.26 Å². The first-order valence-electron chi connectivity index (χ1n) is 11.1. The molecule has 0 bridgehead atoms. The fraction of sp³-hybridized carbons (Fsp3) is 0.500. The normalized spacial score (nSPS) is 13.5. The second-order valence-electron chi connectivity index (χ2n) is 8.00. The zero-order valence-electron chi connectivity index (χ0n) is 19.9. The van der Waals surface area contributed by atoms with E-state index < -0.39 is 5.41 Å². The number of nitrogens with two attached hydrogens (primary N) is 1. The molecule has 0 heterocycles. The third-order valence-corrected chi connectivity index (χ3v) is 6.18. The molecular weight excluding hydrogens is 404 g/mol. The number of hydrogen-bond donors (Lipinski definition) is 1. The van der Waals surface area contributed by atoms with E-state index in [0.717, 1.165) is 55.6 Å². The van der Waals surface area contributed by atoms with Crippen LogP contribution in [0.3, 0.4) is 0 Å². The molecule has 6 nitrogen and oxygen atoms in total. The fourth-order valence-corrected chi connectivity index (χ4v) is 4.06. The lowest BCUT2D eigenvalue weighted by Crippen LogP contribution is -2.26. The van der Waals surface area contributed by atoms with Crippen LogP contribution in [0.15, 0.2) is 36.4 Å². The quantitative estimate of drug-likeness (QED) is 0.470. The summed E-state index contributed by atoms with van der Waals surface area (Å²) in [6.45, 7) is 2.05. The monoisotopic (exact) mass is 440 g/mol. The Labute approximate surface area is 192 Å². The summed E-state index contributed by atoms with van der Waals surface area (Å²) in [5, 5.41) is 10.1. The number of hydrogen-bond acceptors (Lipinski definition) is 6. The molecule has 2 aromatic carbocycles. The lowest BCUT2D eigenvalue weighted by atomic mass is 9.75. The first-order chi connectivity index (χ1) is 15.5. The van der Waals surface area contributed by atoms with Gasteiger partial charge in [0.25, 0.3) is 0 Å². The minimum atomic E-state index is -0.567. The van der Waals surface area contributed by atoms with Crippen LogP contribution in [0.25, 0.3) is 0 Å². The van der Waals surface area contributed by atoms with Gasteiger partial charge in [-0.15, -0.1) is 0 Å². The minimum Gasteiger partial charge on any atom is -0.493 e. The maximum atomic E-state index is 10.1. The minimum absolute atomic E-state index is 0.0711. The Balaban J connectivity index is 1.97. The fourth-order valence-electron chi connectivity index (χ4n) is 4.06. The molecule has 2 aromatic rings. The number of methoxy groups -OCH3 is 4. The van der Waals surface area contributed by atoms with Gasteiger partial charge in [0, 0.05) is 6.04 Å². The Morgan fingerprint density at radius 3 is 2.03 bits per heavy atom. The summed E-state index contributed by atoms with van der Waals surface area (Å²) < 4.78 is 21.4. The zero-order chi connectivity index (χ0) is 23.6. The molecule has 2 atom stereocenters. The van der Waals surface area contributed by atoms with Crippen molar-refractivity contribution in [2.75, 3.05) is 28.4 Å². The smallest absolute Gasteiger partial charge is 0.161 e. The van der Waals surface area contributed by atoms with Crippen LogP contribution in [-0.2, 0) is 11.8 Å². The second-order valence-corrected chi connectivity index (χ2v) is 8.00. The van der Waals surface area contributed by atoms with Crippen LogP contribution >= 0.6 is 0 Å². The van der Waals surface area contributed by atoms with E-state index in [1.807, 2.05) is 36.4 Å². The SMILES string of the molecule is CC[C@@](C#N)(CCC[C@@H](N)CCc1ccc(OC)c(OC)c1)c1ccc(OC)c(OC)c1. The van der Waals surface area contributed by atoms with Crippen molar-refractivity contribution in [3.05, 3.63) is 47.5 Å².